The van der Waals surface area contributed by atoms with E-state index >= 15 is 0 Å². The number of carbonyl (C=O) groups is 2. The van der Waals surface area contributed by atoms with Crippen molar-refractivity contribution in [3.8, 4) is 0 Å². The van der Waals surface area contributed by atoms with E-state index in [1.54, 1.807) is 0 Å². The molecule has 5 nitrogen and oxygen atoms in total. The van der Waals surface area contributed by atoms with E-state index in [1.165, 1.54) is 4.90 Å². The summed E-state index contributed by atoms with van der Waals surface area (Å²) in [6, 6.07) is 9.61. The Morgan fingerprint density at radius 1 is 1.33 bits per heavy atom. The second-order valence-corrected chi connectivity index (χ2v) is 5.47. The first-order valence-electron chi connectivity index (χ1n) is 7.30. The smallest absolute Gasteiger partial charge is 0.237 e. The molecule has 1 heterocycles. The fourth-order valence-corrected chi connectivity index (χ4v) is 2.69. The van der Waals surface area contributed by atoms with Crippen LogP contribution in [0.1, 0.15) is 25.3 Å². The molecule has 114 valence electrons. The van der Waals surface area contributed by atoms with Gasteiger partial charge in [0.25, 0.3) is 0 Å². The second kappa shape index (κ2) is 7.22. The van der Waals surface area contributed by atoms with Crippen LogP contribution in [0.5, 0.6) is 0 Å². The number of nitrogens with two attached hydrogens (primary N) is 1. The Hall–Kier alpha value is -1.88. The highest BCUT2D eigenvalue weighted by atomic mass is 16.5. The average Bonchev–Trinajstić information content (AvgIpc) is 2.47. The number of ether oxygens (including phenoxy) is 1. The maximum absolute atomic E-state index is 12.7. The number of primary amides is 1. The van der Waals surface area contributed by atoms with Crippen LogP contribution in [-0.4, -0.2) is 36.0 Å². The molecule has 2 amide bonds. The molecule has 1 aromatic rings. The number of benzene rings is 1. The quantitative estimate of drug-likeness (QED) is 0.888. The van der Waals surface area contributed by atoms with Crippen molar-refractivity contribution in [1.29, 1.82) is 0 Å². The van der Waals surface area contributed by atoms with Gasteiger partial charge in [-0.15, -0.1) is 0 Å². The molecular weight excluding hydrogens is 268 g/mol. The SMILES string of the molecule is CC1OCCCC1C(=O)N(CC(N)=O)Cc1ccccc1. The van der Waals surface area contributed by atoms with Gasteiger partial charge in [0.05, 0.1) is 18.6 Å². The molecule has 0 aliphatic carbocycles. The third-order valence-electron chi connectivity index (χ3n) is 3.80. The monoisotopic (exact) mass is 290 g/mol. The number of hydrogen-bond donors (Lipinski definition) is 1. The number of amides is 2. The van der Waals surface area contributed by atoms with Crippen LogP contribution in [0.2, 0.25) is 0 Å². The predicted molar refractivity (Wildman–Crippen MR) is 79.2 cm³/mol. The summed E-state index contributed by atoms with van der Waals surface area (Å²) in [7, 11) is 0. The van der Waals surface area contributed by atoms with Gasteiger partial charge in [-0.1, -0.05) is 30.3 Å². The molecular formula is C16H22N2O3. The van der Waals surface area contributed by atoms with Gasteiger partial charge in [0.1, 0.15) is 0 Å². The van der Waals surface area contributed by atoms with Gasteiger partial charge in [-0.05, 0) is 25.3 Å². The van der Waals surface area contributed by atoms with E-state index < -0.39 is 5.91 Å². The first-order chi connectivity index (χ1) is 10.1. The molecule has 0 bridgehead atoms. The topological polar surface area (TPSA) is 72.6 Å². The minimum absolute atomic E-state index is 0.0511. The number of nitrogens with zero attached hydrogens (tertiary/aromatic N) is 1. The number of carbonyl (C=O) groups excluding carboxylic acids is 2. The van der Waals surface area contributed by atoms with Crippen molar-refractivity contribution >= 4 is 11.8 Å². The van der Waals surface area contributed by atoms with Gasteiger partial charge in [0, 0.05) is 13.2 Å². The van der Waals surface area contributed by atoms with E-state index in [4.69, 9.17) is 10.5 Å². The highest BCUT2D eigenvalue weighted by Gasteiger charge is 2.32. The molecule has 21 heavy (non-hydrogen) atoms. The van der Waals surface area contributed by atoms with Gasteiger partial charge in [-0.3, -0.25) is 9.59 Å². The van der Waals surface area contributed by atoms with E-state index in [2.05, 4.69) is 0 Å². The Morgan fingerprint density at radius 3 is 2.67 bits per heavy atom. The minimum atomic E-state index is -0.497. The van der Waals surface area contributed by atoms with Gasteiger partial charge in [-0.2, -0.15) is 0 Å². The largest absolute Gasteiger partial charge is 0.378 e. The third kappa shape index (κ3) is 4.29. The fourth-order valence-electron chi connectivity index (χ4n) is 2.69. The molecule has 1 aromatic carbocycles. The summed E-state index contributed by atoms with van der Waals surface area (Å²) in [5.41, 5.74) is 6.27. The van der Waals surface area contributed by atoms with Crippen LogP contribution in [-0.2, 0) is 20.9 Å². The number of hydrogen-bond acceptors (Lipinski definition) is 3. The summed E-state index contributed by atoms with van der Waals surface area (Å²) in [6.07, 6.45) is 1.55. The second-order valence-electron chi connectivity index (χ2n) is 5.47. The Labute approximate surface area is 125 Å². The van der Waals surface area contributed by atoms with E-state index in [-0.39, 0.29) is 24.5 Å². The molecule has 2 rings (SSSR count). The molecule has 1 fully saturated rings. The van der Waals surface area contributed by atoms with Crippen molar-refractivity contribution in [2.45, 2.75) is 32.4 Å². The van der Waals surface area contributed by atoms with Crippen molar-refractivity contribution in [2.24, 2.45) is 11.7 Å². The van der Waals surface area contributed by atoms with Gasteiger partial charge in [0.2, 0.25) is 11.8 Å². The van der Waals surface area contributed by atoms with Crippen molar-refractivity contribution < 1.29 is 14.3 Å². The van der Waals surface area contributed by atoms with E-state index in [9.17, 15) is 9.59 Å². The van der Waals surface area contributed by atoms with Gasteiger partial charge >= 0.3 is 0 Å². The lowest BCUT2D eigenvalue weighted by Crippen LogP contribution is -2.45. The third-order valence-corrected chi connectivity index (χ3v) is 3.80. The van der Waals surface area contributed by atoms with Crippen LogP contribution in [0, 0.1) is 5.92 Å². The van der Waals surface area contributed by atoms with Crippen molar-refractivity contribution in [3.63, 3.8) is 0 Å². The zero-order chi connectivity index (χ0) is 15.2. The highest BCUT2D eigenvalue weighted by molar-refractivity contribution is 5.85. The zero-order valence-electron chi connectivity index (χ0n) is 12.3. The van der Waals surface area contributed by atoms with E-state index in [0.29, 0.717) is 13.2 Å². The highest BCUT2D eigenvalue weighted by Crippen LogP contribution is 2.23. The molecule has 1 aliphatic rings. The lowest BCUT2D eigenvalue weighted by molar-refractivity contribution is -0.146. The lowest BCUT2D eigenvalue weighted by atomic mass is 9.93. The molecule has 0 saturated carbocycles. The molecule has 1 saturated heterocycles. The molecule has 5 heteroatoms. The van der Waals surface area contributed by atoms with Crippen LogP contribution in [0.25, 0.3) is 0 Å². The van der Waals surface area contributed by atoms with Crippen molar-refractivity contribution in [1.82, 2.24) is 4.90 Å². The summed E-state index contributed by atoms with van der Waals surface area (Å²) >= 11 is 0. The Bertz CT molecular complexity index is 490. The van der Waals surface area contributed by atoms with Gasteiger partial charge in [0.15, 0.2) is 0 Å². The number of rotatable bonds is 5. The Balaban J connectivity index is 2.11. The van der Waals surface area contributed by atoms with E-state index in [1.807, 2.05) is 37.3 Å². The summed E-state index contributed by atoms with van der Waals surface area (Å²) in [6.45, 7) is 2.94. The van der Waals surface area contributed by atoms with E-state index in [0.717, 1.165) is 18.4 Å². The minimum Gasteiger partial charge on any atom is -0.378 e. The summed E-state index contributed by atoms with van der Waals surface area (Å²) in [4.78, 5) is 25.5. The van der Waals surface area contributed by atoms with Gasteiger partial charge < -0.3 is 15.4 Å². The van der Waals surface area contributed by atoms with Gasteiger partial charge in [-0.25, -0.2) is 0 Å². The maximum Gasteiger partial charge on any atom is 0.237 e. The summed E-state index contributed by atoms with van der Waals surface area (Å²) < 4.78 is 5.55. The molecule has 0 spiro atoms. The molecule has 0 aromatic heterocycles. The normalized spacial score (nSPS) is 21.8. The van der Waals surface area contributed by atoms with Crippen LogP contribution in [0.3, 0.4) is 0 Å². The first-order valence-corrected chi connectivity index (χ1v) is 7.30. The molecule has 1 aliphatic heterocycles. The van der Waals surface area contributed by atoms with Crippen LogP contribution in [0.4, 0.5) is 0 Å². The lowest BCUT2D eigenvalue weighted by Gasteiger charge is -2.32. The van der Waals surface area contributed by atoms with Crippen LogP contribution in [0.15, 0.2) is 30.3 Å². The molecule has 2 unspecified atom stereocenters. The maximum atomic E-state index is 12.7. The zero-order valence-corrected chi connectivity index (χ0v) is 12.3. The van der Waals surface area contributed by atoms with Crippen molar-refractivity contribution in [3.05, 3.63) is 35.9 Å². The molecule has 2 N–H and O–H groups in total. The molecule has 0 radical (unpaired) electrons. The Kier molecular flexibility index (Phi) is 5.33. The average molecular weight is 290 g/mol. The van der Waals surface area contributed by atoms with Crippen molar-refractivity contribution in [2.75, 3.05) is 13.2 Å². The summed E-state index contributed by atoms with van der Waals surface area (Å²) in [5, 5.41) is 0. The fraction of sp³-hybridized carbons (Fsp3) is 0.500. The molecule has 2 atom stereocenters. The summed E-state index contributed by atoms with van der Waals surface area (Å²) in [5.74, 6) is -0.740. The predicted octanol–water partition coefficient (Wildman–Crippen LogP) is 1.32. The van der Waals surface area contributed by atoms with Crippen LogP contribution < -0.4 is 5.73 Å². The van der Waals surface area contributed by atoms with Crippen LogP contribution >= 0.6 is 0 Å². The first kappa shape index (κ1) is 15.5. The standard InChI is InChI=1S/C16H22N2O3/c1-12-14(8-5-9-21-12)16(20)18(11-15(17)19)10-13-6-3-2-4-7-13/h2-4,6-7,12,14H,5,8-11H2,1H3,(H2,17,19). The Morgan fingerprint density at radius 2 is 2.05 bits per heavy atom.